The van der Waals surface area contributed by atoms with Gasteiger partial charge in [-0.1, -0.05) is 6.07 Å². The Morgan fingerprint density at radius 3 is 2.12 bits per heavy atom. The Morgan fingerprint density at radius 1 is 0.962 bits per heavy atom. The Labute approximate surface area is 147 Å². The summed E-state index contributed by atoms with van der Waals surface area (Å²) in [5.74, 6) is -2.06. The molecule has 9 heteroatoms. The zero-order valence-electron chi connectivity index (χ0n) is 14.4. The Balaban J connectivity index is 1.79. The van der Waals surface area contributed by atoms with E-state index in [1.807, 2.05) is 0 Å². The molecule has 1 amide bonds. The largest absolute Gasteiger partial charge is 0.354 e. The summed E-state index contributed by atoms with van der Waals surface area (Å²) >= 11 is 0. The van der Waals surface area contributed by atoms with Gasteiger partial charge in [0.25, 0.3) is 11.5 Å². The number of hydrogen-bond acceptors (Lipinski definition) is 4. The van der Waals surface area contributed by atoms with Crippen molar-refractivity contribution < 1.29 is 13.6 Å². The molecule has 1 aromatic heterocycles. The molecule has 1 fully saturated rings. The lowest BCUT2D eigenvalue weighted by Gasteiger charge is -2.36. The monoisotopic (exact) mass is 364 g/mol. The number of amides is 1. The molecule has 0 saturated carbocycles. The molecule has 1 saturated heterocycles. The summed E-state index contributed by atoms with van der Waals surface area (Å²) in [7, 11) is 2.96. The standard InChI is InChI=1S/C17H18F2N4O3/c1-20-13(10-14(24)21(2)17(20)26)22-6-8-23(9-7-22)16(25)15-11(18)4-3-5-12(15)19/h3-5,10H,6-9H2,1-2H3. The number of halogens is 2. The first kappa shape index (κ1) is 17.8. The molecule has 0 aliphatic carbocycles. The fourth-order valence-corrected chi connectivity index (χ4v) is 3.02. The van der Waals surface area contributed by atoms with E-state index in [-0.39, 0.29) is 13.1 Å². The molecule has 138 valence electrons. The number of carbonyl (C=O) groups excluding carboxylic acids is 1. The van der Waals surface area contributed by atoms with E-state index in [0.717, 1.165) is 16.7 Å². The molecule has 2 aromatic rings. The van der Waals surface area contributed by atoms with E-state index in [0.29, 0.717) is 18.9 Å². The second-order valence-electron chi connectivity index (χ2n) is 6.12. The molecule has 0 bridgehead atoms. The molecule has 1 aliphatic heterocycles. The number of piperazine rings is 1. The minimum absolute atomic E-state index is 0.218. The van der Waals surface area contributed by atoms with E-state index in [1.54, 1.807) is 11.9 Å². The van der Waals surface area contributed by atoms with Gasteiger partial charge in [0, 0.05) is 46.3 Å². The van der Waals surface area contributed by atoms with Gasteiger partial charge in [0.2, 0.25) is 0 Å². The normalized spacial score (nSPS) is 14.6. The van der Waals surface area contributed by atoms with Gasteiger partial charge in [-0.15, -0.1) is 0 Å². The first-order valence-electron chi connectivity index (χ1n) is 8.06. The third-order valence-electron chi connectivity index (χ3n) is 4.57. The average Bonchev–Trinajstić information content (AvgIpc) is 2.63. The predicted octanol–water partition coefficient (Wildman–Crippen LogP) is 0.325. The summed E-state index contributed by atoms with van der Waals surface area (Å²) < 4.78 is 30.0. The van der Waals surface area contributed by atoms with Crippen molar-refractivity contribution in [2.75, 3.05) is 31.1 Å². The van der Waals surface area contributed by atoms with Crippen LogP contribution in [-0.4, -0.2) is 46.1 Å². The van der Waals surface area contributed by atoms with Crippen molar-refractivity contribution in [2.45, 2.75) is 0 Å². The van der Waals surface area contributed by atoms with Gasteiger partial charge in [0.15, 0.2) is 0 Å². The van der Waals surface area contributed by atoms with E-state index < -0.39 is 34.4 Å². The quantitative estimate of drug-likeness (QED) is 0.770. The maximum atomic E-state index is 13.8. The van der Waals surface area contributed by atoms with Gasteiger partial charge in [-0.3, -0.25) is 18.7 Å². The number of aromatic nitrogens is 2. The first-order chi connectivity index (χ1) is 12.3. The maximum Gasteiger partial charge on any atom is 0.332 e. The minimum atomic E-state index is -0.897. The number of rotatable bonds is 2. The van der Waals surface area contributed by atoms with Crippen LogP contribution in [0.5, 0.6) is 0 Å². The van der Waals surface area contributed by atoms with Crippen LogP contribution in [0.4, 0.5) is 14.6 Å². The fraction of sp³-hybridized carbons (Fsp3) is 0.353. The van der Waals surface area contributed by atoms with Crippen molar-refractivity contribution in [3.05, 3.63) is 62.3 Å². The van der Waals surface area contributed by atoms with E-state index >= 15 is 0 Å². The van der Waals surface area contributed by atoms with Crippen LogP contribution < -0.4 is 16.1 Å². The lowest BCUT2D eigenvalue weighted by Crippen LogP contribution is -2.51. The Bertz CT molecular complexity index is 955. The van der Waals surface area contributed by atoms with Crippen LogP contribution in [0.3, 0.4) is 0 Å². The Kier molecular flexibility index (Phi) is 4.62. The smallest absolute Gasteiger partial charge is 0.332 e. The Hall–Kier alpha value is -2.97. The average molecular weight is 364 g/mol. The highest BCUT2D eigenvalue weighted by Gasteiger charge is 2.27. The lowest BCUT2D eigenvalue weighted by molar-refractivity contribution is 0.0736. The van der Waals surface area contributed by atoms with Gasteiger partial charge in [-0.25, -0.2) is 13.6 Å². The molecule has 0 atom stereocenters. The number of anilines is 1. The summed E-state index contributed by atoms with van der Waals surface area (Å²) in [4.78, 5) is 39.5. The Morgan fingerprint density at radius 2 is 1.54 bits per heavy atom. The zero-order chi connectivity index (χ0) is 19.0. The molecule has 0 N–H and O–H groups in total. The molecular formula is C17H18F2N4O3. The van der Waals surface area contributed by atoms with Crippen molar-refractivity contribution in [2.24, 2.45) is 14.1 Å². The molecule has 0 spiro atoms. The maximum absolute atomic E-state index is 13.8. The molecule has 0 radical (unpaired) electrons. The molecule has 1 aromatic carbocycles. The van der Waals surface area contributed by atoms with Crippen molar-refractivity contribution in [1.29, 1.82) is 0 Å². The summed E-state index contributed by atoms with van der Waals surface area (Å²) in [6.45, 7) is 1.11. The highest BCUT2D eigenvalue weighted by atomic mass is 19.1. The highest BCUT2D eigenvalue weighted by Crippen LogP contribution is 2.18. The van der Waals surface area contributed by atoms with Gasteiger partial charge in [0.1, 0.15) is 23.0 Å². The van der Waals surface area contributed by atoms with Crippen molar-refractivity contribution >= 4 is 11.7 Å². The summed E-state index contributed by atoms with van der Waals surface area (Å²) in [5, 5.41) is 0. The topological polar surface area (TPSA) is 67.5 Å². The SMILES string of the molecule is Cn1c(N2CCN(C(=O)c3c(F)cccc3F)CC2)cc(=O)n(C)c1=O. The van der Waals surface area contributed by atoms with Gasteiger partial charge in [-0.05, 0) is 12.1 Å². The third-order valence-corrected chi connectivity index (χ3v) is 4.57. The molecular weight excluding hydrogens is 346 g/mol. The van der Waals surface area contributed by atoms with E-state index in [9.17, 15) is 23.2 Å². The van der Waals surface area contributed by atoms with E-state index in [2.05, 4.69) is 0 Å². The molecule has 2 heterocycles. The van der Waals surface area contributed by atoms with Crippen LogP contribution in [0.15, 0.2) is 33.9 Å². The zero-order valence-corrected chi connectivity index (χ0v) is 14.4. The van der Waals surface area contributed by atoms with Crippen LogP contribution >= 0.6 is 0 Å². The highest BCUT2D eigenvalue weighted by molar-refractivity contribution is 5.95. The second-order valence-corrected chi connectivity index (χ2v) is 6.12. The number of nitrogens with zero attached hydrogens (tertiary/aromatic N) is 4. The summed E-state index contributed by atoms with van der Waals surface area (Å²) in [6.07, 6.45) is 0. The second kappa shape index (κ2) is 6.74. The van der Waals surface area contributed by atoms with Crippen molar-refractivity contribution in [3.63, 3.8) is 0 Å². The number of carbonyl (C=O) groups is 1. The number of hydrogen-bond donors (Lipinski definition) is 0. The molecule has 1 aliphatic rings. The summed E-state index contributed by atoms with van der Waals surface area (Å²) in [5.41, 5.74) is -1.43. The van der Waals surface area contributed by atoms with Crippen LogP contribution in [-0.2, 0) is 14.1 Å². The molecule has 3 rings (SSSR count). The van der Waals surface area contributed by atoms with Crippen LogP contribution in [0.2, 0.25) is 0 Å². The van der Waals surface area contributed by atoms with E-state index in [1.165, 1.54) is 28.6 Å². The minimum Gasteiger partial charge on any atom is -0.354 e. The molecule has 26 heavy (non-hydrogen) atoms. The van der Waals surface area contributed by atoms with Gasteiger partial charge >= 0.3 is 5.69 Å². The predicted molar refractivity (Wildman–Crippen MR) is 91.4 cm³/mol. The van der Waals surface area contributed by atoms with Crippen LogP contribution in [0.25, 0.3) is 0 Å². The summed E-state index contributed by atoms with van der Waals surface area (Å²) in [6, 6.07) is 4.65. The number of benzene rings is 1. The van der Waals surface area contributed by atoms with Gasteiger partial charge in [0.05, 0.1) is 0 Å². The first-order valence-corrected chi connectivity index (χ1v) is 8.06. The van der Waals surface area contributed by atoms with Crippen LogP contribution in [0, 0.1) is 11.6 Å². The van der Waals surface area contributed by atoms with Gasteiger partial charge in [-0.2, -0.15) is 0 Å². The van der Waals surface area contributed by atoms with Crippen molar-refractivity contribution in [3.8, 4) is 0 Å². The fourth-order valence-electron chi connectivity index (χ4n) is 3.02. The molecule has 0 unspecified atom stereocenters. The van der Waals surface area contributed by atoms with Crippen LogP contribution in [0.1, 0.15) is 10.4 Å². The van der Waals surface area contributed by atoms with Gasteiger partial charge < -0.3 is 9.80 Å². The lowest BCUT2D eigenvalue weighted by atomic mass is 10.1. The molecule has 7 nitrogen and oxygen atoms in total. The van der Waals surface area contributed by atoms with Crippen molar-refractivity contribution in [1.82, 2.24) is 14.0 Å². The van der Waals surface area contributed by atoms with E-state index in [4.69, 9.17) is 0 Å². The third kappa shape index (κ3) is 3.00.